The Morgan fingerprint density at radius 3 is 3.11 bits per heavy atom. The highest BCUT2D eigenvalue weighted by Crippen LogP contribution is 2.18. The van der Waals surface area contributed by atoms with Crippen LogP contribution in [-0.2, 0) is 6.54 Å². The molecule has 1 N–H and O–H groups in total. The van der Waals surface area contributed by atoms with Gasteiger partial charge in [0.15, 0.2) is 0 Å². The Bertz CT molecular complexity index is 381. The van der Waals surface area contributed by atoms with Crippen LogP contribution in [0.15, 0.2) is 24.3 Å². The van der Waals surface area contributed by atoms with Crippen molar-refractivity contribution >= 4 is 0 Å². The highest BCUT2D eigenvalue weighted by atomic mass is 19.1. The minimum absolute atomic E-state index is 0.129. The van der Waals surface area contributed by atoms with E-state index in [1.807, 2.05) is 6.07 Å². The van der Waals surface area contributed by atoms with Gasteiger partial charge in [-0.15, -0.1) is 0 Å². The van der Waals surface area contributed by atoms with E-state index in [2.05, 4.69) is 17.1 Å². The zero-order valence-corrected chi connectivity index (χ0v) is 11.9. The summed E-state index contributed by atoms with van der Waals surface area (Å²) in [6.07, 6.45) is 3.77. The number of rotatable bonds is 6. The van der Waals surface area contributed by atoms with Gasteiger partial charge in [0.2, 0.25) is 0 Å². The lowest BCUT2D eigenvalue weighted by molar-refractivity contribution is 0.165. The molecular formula is C16H25FN2. The van der Waals surface area contributed by atoms with E-state index in [-0.39, 0.29) is 5.82 Å². The topological polar surface area (TPSA) is 15.3 Å². The fourth-order valence-electron chi connectivity index (χ4n) is 2.84. The van der Waals surface area contributed by atoms with Crippen LogP contribution in [0, 0.1) is 11.7 Å². The van der Waals surface area contributed by atoms with Crippen molar-refractivity contribution in [1.29, 1.82) is 0 Å². The Kier molecular flexibility index (Phi) is 5.80. The van der Waals surface area contributed by atoms with Gasteiger partial charge in [-0.3, -0.25) is 4.90 Å². The van der Waals surface area contributed by atoms with Crippen molar-refractivity contribution in [2.24, 2.45) is 5.92 Å². The third-order valence-electron chi connectivity index (χ3n) is 3.76. The number of likely N-dealkylation sites (tertiary alicyclic amines) is 1. The molecule has 0 saturated carbocycles. The molecule has 106 valence electrons. The Balaban J connectivity index is 1.80. The summed E-state index contributed by atoms with van der Waals surface area (Å²) < 4.78 is 13.2. The molecule has 1 saturated heterocycles. The molecule has 2 rings (SSSR count). The van der Waals surface area contributed by atoms with Gasteiger partial charge in [-0.2, -0.15) is 0 Å². The first-order valence-corrected chi connectivity index (χ1v) is 7.45. The fraction of sp³-hybridized carbons (Fsp3) is 0.625. The lowest BCUT2D eigenvalue weighted by Gasteiger charge is -2.33. The first kappa shape index (κ1) is 14.5. The van der Waals surface area contributed by atoms with E-state index in [1.165, 1.54) is 25.3 Å². The van der Waals surface area contributed by atoms with Crippen LogP contribution in [-0.4, -0.2) is 31.1 Å². The Morgan fingerprint density at radius 2 is 2.32 bits per heavy atom. The van der Waals surface area contributed by atoms with Gasteiger partial charge in [-0.1, -0.05) is 19.1 Å². The first-order valence-electron chi connectivity index (χ1n) is 7.45. The molecule has 0 spiro atoms. The molecule has 0 radical (unpaired) electrons. The maximum atomic E-state index is 13.2. The molecule has 1 aromatic rings. The fourth-order valence-corrected chi connectivity index (χ4v) is 2.84. The van der Waals surface area contributed by atoms with Gasteiger partial charge in [-0.25, -0.2) is 4.39 Å². The zero-order chi connectivity index (χ0) is 13.5. The summed E-state index contributed by atoms with van der Waals surface area (Å²) in [7, 11) is 0. The standard InChI is InChI=1S/C16H25FN2/c1-2-8-18-11-15-6-4-9-19(13-15)12-14-5-3-7-16(17)10-14/h3,5,7,10,15,18H,2,4,6,8-9,11-13H2,1H3. The molecule has 1 unspecified atom stereocenters. The van der Waals surface area contributed by atoms with Gasteiger partial charge in [-0.05, 0) is 62.5 Å². The first-order chi connectivity index (χ1) is 9.28. The summed E-state index contributed by atoms with van der Waals surface area (Å²) in [5, 5.41) is 3.51. The molecule has 1 atom stereocenters. The molecule has 0 amide bonds. The van der Waals surface area contributed by atoms with Crippen LogP contribution in [0.2, 0.25) is 0 Å². The molecule has 2 nitrogen and oxygen atoms in total. The second-order valence-electron chi connectivity index (χ2n) is 5.58. The Morgan fingerprint density at radius 1 is 1.42 bits per heavy atom. The quantitative estimate of drug-likeness (QED) is 0.795. The molecule has 0 aliphatic carbocycles. The molecule has 0 bridgehead atoms. The van der Waals surface area contributed by atoms with Gasteiger partial charge in [0.25, 0.3) is 0 Å². The van der Waals surface area contributed by atoms with Crippen molar-refractivity contribution < 1.29 is 4.39 Å². The summed E-state index contributed by atoms with van der Waals surface area (Å²) in [5.74, 6) is 0.615. The summed E-state index contributed by atoms with van der Waals surface area (Å²) in [6, 6.07) is 6.98. The smallest absolute Gasteiger partial charge is 0.123 e. The number of piperidine rings is 1. The van der Waals surface area contributed by atoms with Crippen molar-refractivity contribution in [3.8, 4) is 0 Å². The molecule has 1 aliphatic rings. The van der Waals surface area contributed by atoms with E-state index in [0.29, 0.717) is 0 Å². The van der Waals surface area contributed by atoms with Crippen LogP contribution in [0.1, 0.15) is 31.7 Å². The van der Waals surface area contributed by atoms with Crippen molar-refractivity contribution in [2.75, 3.05) is 26.2 Å². The van der Waals surface area contributed by atoms with Crippen LogP contribution >= 0.6 is 0 Å². The molecule has 1 aromatic carbocycles. The van der Waals surface area contributed by atoms with Crippen LogP contribution in [0.25, 0.3) is 0 Å². The van der Waals surface area contributed by atoms with E-state index in [1.54, 1.807) is 12.1 Å². The highest BCUT2D eigenvalue weighted by Gasteiger charge is 2.19. The van der Waals surface area contributed by atoms with Crippen LogP contribution in [0.4, 0.5) is 4.39 Å². The summed E-state index contributed by atoms with van der Waals surface area (Å²) in [5.41, 5.74) is 1.09. The predicted molar refractivity (Wildman–Crippen MR) is 77.6 cm³/mol. The number of hydrogen-bond acceptors (Lipinski definition) is 2. The molecule has 3 heteroatoms. The number of nitrogens with one attached hydrogen (secondary N) is 1. The normalized spacial score (nSPS) is 20.6. The van der Waals surface area contributed by atoms with Crippen LogP contribution < -0.4 is 5.32 Å². The van der Waals surface area contributed by atoms with E-state index < -0.39 is 0 Å². The second-order valence-corrected chi connectivity index (χ2v) is 5.58. The Hall–Kier alpha value is -0.930. The third kappa shape index (κ3) is 4.92. The summed E-state index contributed by atoms with van der Waals surface area (Å²) >= 11 is 0. The minimum Gasteiger partial charge on any atom is -0.316 e. The molecule has 0 aromatic heterocycles. The lowest BCUT2D eigenvalue weighted by Crippen LogP contribution is -2.39. The van der Waals surface area contributed by atoms with Crippen molar-refractivity contribution in [3.63, 3.8) is 0 Å². The number of nitrogens with zero attached hydrogens (tertiary/aromatic N) is 1. The van der Waals surface area contributed by atoms with E-state index in [9.17, 15) is 4.39 Å². The number of benzene rings is 1. The highest BCUT2D eigenvalue weighted by molar-refractivity contribution is 5.16. The molecule has 1 heterocycles. The molecule has 1 fully saturated rings. The van der Waals surface area contributed by atoms with Gasteiger partial charge in [0.05, 0.1) is 0 Å². The predicted octanol–water partition coefficient (Wildman–Crippen LogP) is 3.04. The molecule has 1 aliphatic heterocycles. The largest absolute Gasteiger partial charge is 0.316 e. The van der Waals surface area contributed by atoms with Gasteiger partial charge in [0, 0.05) is 13.1 Å². The van der Waals surface area contributed by atoms with E-state index >= 15 is 0 Å². The number of halogens is 1. The van der Waals surface area contributed by atoms with Crippen LogP contribution in [0.3, 0.4) is 0 Å². The second kappa shape index (κ2) is 7.61. The van der Waals surface area contributed by atoms with Crippen molar-refractivity contribution in [2.45, 2.75) is 32.7 Å². The van der Waals surface area contributed by atoms with Gasteiger partial charge < -0.3 is 5.32 Å². The van der Waals surface area contributed by atoms with Crippen molar-refractivity contribution in [3.05, 3.63) is 35.6 Å². The summed E-state index contributed by atoms with van der Waals surface area (Å²) in [6.45, 7) is 7.58. The molecule has 19 heavy (non-hydrogen) atoms. The zero-order valence-electron chi connectivity index (χ0n) is 11.9. The van der Waals surface area contributed by atoms with Gasteiger partial charge in [0.1, 0.15) is 5.82 Å². The van der Waals surface area contributed by atoms with E-state index in [0.717, 1.165) is 44.2 Å². The third-order valence-corrected chi connectivity index (χ3v) is 3.76. The van der Waals surface area contributed by atoms with Gasteiger partial charge >= 0.3 is 0 Å². The van der Waals surface area contributed by atoms with Crippen molar-refractivity contribution in [1.82, 2.24) is 10.2 Å². The van der Waals surface area contributed by atoms with Crippen LogP contribution in [0.5, 0.6) is 0 Å². The average Bonchev–Trinajstić information content (AvgIpc) is 2.39. The maximum Gasteiger partial charge on any atom is 0.123 e. The summed E-state index contributed by atoms with van der Waals surface area (Å²) in [4.78, 5) is 2.45. The Labute approximate surface area is 116 Å². The monoisotopic (exact) mass is 264 g/mol. The lowest BCUT2D eigenvalue weighted by atomic mass is 9.97. The minimum atomic E-state index is -0.129. The average molecular weight is 264 g/mol. The maximum absolute atomic E-state index is 13.2. The SMILES string of the molecule is CCCNCC1CCCN(Cc2cccc(F)c2)C1. The number of hydrogen-bond donors (Lipinski definition) is 1. The van der Waals surface area contributed by atoms with E-state index in [4.69, 9.17) is 0 Å². The molecular weight excluding hydrogens is 239 g/mol.